The number of hydrogen-bond donors (Lipinski definition) is 4. The molecule has 1 atom stereocenters. The summed E-state index contributed by atoms with van der Waals surface area (Å²) in [4.78, 5) is 38.0. The average molecular weight is 642 g/mol. The van der Waals surface area contributed by atoms with Gasteiger partial charge in [0, 0.05) is 6.07 Å². The van der Waals surface area contributed by atoms with E-state index in [9.17, 15) is 45.8 Å². The summed E-state index contributed by atoms with van der Waals surface area (Å²) in [6.45, 7) is -0.987. The van der Waals surface area contributed by atoms with E-state index in [0.717, 1.165) is 24.3 Å². The fourth-order valence-electron chi connectivity index (χ4n) is 3.78. The second-order valence-electron chi connectivity index (χ2n) is 8.51. The molecule has 1 saturated carbocycles. The number of halogens is 6. The third kappa shape index (κ3) is 6.17. The minimum absolute atomic E-state index is 0.0173. The summed E-state index contributed by atoms with van der Waals surface area (Å²) in [6, 6.07) is 5.45. The van der Waals surface area contributed by atoms with E-state index < -0.39 is 64.8 Å². The first kappa shape index (κ1) is 30.3. The first-order valence-electron chi connectivity index (χ1n) is 11.2. The van der Waals surface area contributed by atoms with Crippen LogP contribution in [0.1, 0.15) is 25.0 Å². The van der Waals surface area contributed by atoms with Gasteiger partial charge in [-0.3, -0.25) is 19.1 Å². The largest absolute Gasteiger partial charge is 0.506 e. The summed E-state index contributed by atoms with van der Waals surface area (Å²) in [7, 11) is 0. The minimum atomic E-state index is -3.29. The van der Waals surface area contributed by atoms with E-state index in [0.29, 0.717) is 8.99 Å². The number of H-pyrrole nitrogens is 1. The number of nitrogens with zero attached hydrogens (tertiary/aromatic N) is 3. The summed E-state index contributed by atoms with van der Waals surface area (Å²) >= 11 is 9.60. The molecule has 1 fully saturated rings. The number of anilines is 1. The highest BCUT2D eigenvalue weighted by atomic mass is 35.5. The molecule has 0 saturated heterocycles. The molecule has 4 N–H and O–H groups in total. The molecule has 1 aromatic heterocycles. The summed E-state index contributed by atoms with van der Waals surface area (Å²) in [5.74, 6) is -1.88. The van der Waals surface area contributed by atoms with Crippen LogP contribution in [0.4, 0.5) is 23.2 Å². The van der Waals surface area contributed by atoms with Gasteiger partial charge in [0.25, 0.3) is 29.7 Å². The first-order valence-corrected chi connectivity index (χ1v) is 13.1. The molecule has 0 spiro atoms. The van der Waals surface area contributed by atoms with Crippen LogP contribution in [0, 0.1) is 0 Å². The van der Waals surface area contributed by atoms with Crippen molar-refractivity contribution in [2.45, 2.75) is 31.2 Å². The highest BCUT2D eigenvalue weighted by Crippen LogP contribution is 2.49. The van der Waals surface area contributed by atoms with Crippen molar-refractivity contribution in [3.05, 3.63) is 66.9 Å². The van der Waals surface area contributed by atoms with Crippen LogP contribution in [0.5, 0.6) is 17.2 Å². The van der Waals surface area contributed by atoms with Crippen LogP contribution in [0.3, 0.4) is 0 Å². The van der Waals surface area contributed by atoms with Gasteiger partial charge in [-0.15, -0.1) is 0 Å². The Hall–Kier alpha value is -3.67. The van der Waals surface area contributed by atoms with E-state index >= 15 is 0 Å². The molecule has 1 amide bonds. The van der Waals surface area contributed by atoms with Crippen molar-refractivity contribution >= 4 is 46.1 Å². The maximum atomic E-state index is 13.1. The molecular weight excluding hydrogens is 625 g/mol. The Morgan fingerprint density at radius 2 is 1.83 bits per heavy atom. The maximum Gasteiger partial charge on any atom is 0.349 e. The van der Waals surface area contributed by atoms with Crippen molar-refractivity contribution < 1.29 is 41.0 Å². The SMILES string of the molecule is O=C(NCC(F)F)C1(N(c2cc(Oc3c(Cl)cc(-n4nc(C(F)F)c(=O)[nH]c4=O)cc3Cl)ccc2O)S(=O)O)CC1. The monoisotopic (exact) mass is 641 g/mol. The van der Waals surface area contributed by atoms with Gasteiger partial charge in [-0.25, -0.2) is 30.9 Å². The highest BCUT2D eigenvalue weighted by molar-refractivity contribution is 7.80. The molecule has 41 heavy (non-hydrogen) atoms. The summed E-state index contributed by atoms with van der Waals surface area (Å²) in [5.41, 5.74) is -6.04. The van der Waals surface area contributed by atoms with Gasteiger partial charge in [0.2, 0.25) is 5.91 Å². The van der Waals surface area contributed by atoms with Gasteiger partial charge < -0.3 is 15.2 Å². The van der Waals surface area contributed by atoms with Crippen molar-refractivity contribution in [1.82, 2.24) is 20.1 Å². The van der Waals surface area contributed by atoms with Gasteiger partial charge >= 0.3 is 5.69 Å². The summed E-state index contributed by atoms with van der Waals surface area (Å²) in [6.07, 6.45) is -6.12. The predicted octanol–water partition coefficient (Wildman–Crippen LogP) is 3.52. The van der Waals surface area contributed by atoms with Crippen molar-refractivity contribution in [2.24, 2.45) is 0 Å². The molecule has 2 aromatic carbocycles. The lowest BCUT2D eigenvalue weighted by Crippen LogP contribution is -2.51. The quantitative estimate of drug-likeness (QED) is 0.193. The number of aromatic amines is 1. The van der Waals surface area contributed by atoms with Gasteiger partial charge in [-0.2, -0.15) is 9.78 Å². The minimum Gasteiger partial charge on any atom is -0.506 e. The molecule has 12 nitrogen and oxygen atoms in total. The number of aromatic nitrogens is 3. The second-order valence-corrected chi connectivity index (χ2v) is 10.1. The molecule has 19 heteroatoms. The Balaban J connectivity index is 1.68. The fourth-order valence-corrected chi connectivity index (χ4v) is 5.21. The zero-order valence-electron chi connectivity index (χ0n) is 20.1. The number of rotatable bonds is 10. The lowest BCUT2D eigenvalue weighted by molar-refractivity contribution is -0.123. The number of aromatic hydroxyl groups is 1. The Morgan fingerprint density at radius 1 is 1.20 bits per heavy atom. The Bertz CT molecular complexity index is 1630. The molecule has 1 heterocycles. The molecule has 0 aliphatic heterocycles. The zero-order valence-corrected chi connectivity index (χ0v) is 22.4. The number of hydrogen-bond acceptors (Lipinski definition) is 7. The van der Waals surface area contributed by atoms with Crippen molar-refractivity contribution in [3.63, 3.8) is 0 Å². The Kier molecular flexibility index (Phi) is 8.62. The van der Waals surface area contributed by atoms with E-state index in [1.54, 1.807) is 4.98 Å². The molecule has 0 radical (unpaired) electrons. The van der Waals surface area contributed by atoms with E-state index in [2.05, 4.69) is 5.10 Å². The van der Waals surface area contributed by atoms with E-state index in [-0.39, 0.29) is 45.8 Å². The Morgan fingerprint density at radius 3 is 2.37 bits per heavy atom. The number of nitrogens with one attached hydrogen (secondary N) is 2. The van der Waals surface area contributed by atoms with E-state index in [1.165, 1.54) is 6.07 Å². The second kappa shape index (κ2) is 11.7. The number of carbonyl (C=O) groups is 1. The molecule has 3 aromatic rings. The first-order chi connectivity index (χ1) is 19.2. The third-order valence-electron chi connectivity index (χ3n) is 5.78. The normalized spacial score (nSPS) is 14.7. The molecule has 220 valence electrons. The van der Waals surface area contributed by atoms with Crippen LogP contribution < -0.4 is 25.6 Å². The summed E-state index contributed by atoms with van der Waals surface area (Å²) < 4.78 is 80.4. The average Bonchev–Trinajstić information content (AvgIpc) is 3.67. The van der Waals surface area contributed by atoms with Crippen LogP contribution in [0.25, 0.3) is 5.69 Å². The highest BCUT2D eigenvalue weighted by Gasteiger charge is 2.58. The Labute approximate surface area is 238 Å². The van der Waals surface area contributed by atoms with E-state index in [4.69, 9.17) is 27.9 Å². The maximum absolute atomic E-state index is 13.1. The van der Waals surface area contributed by atoms with Crippen LogP contribution in [0.15, 0.2) is 39.9 Å². The number of alkyl halides is 4. The molecule has 1 aliphatic carbocycles. The van der Waals surface area contributed by atoms with Crippen LogP contribution in [0.2, 0.25) is 10.0 Å². The number of amides is 1. The number of carbonyl (C=O) groups excluding carboxylic acids is 1. The van der Waals surface area contributed by atoms with Crippen molar-refractivity contribution in [2.75, 3.05) is 10.8 Å². The molecular formula is C22H17Cl2F4N5O7S. The van der Waals surface area contributed by atoms with Gasteiger partial charge in [-0.1, -0.05) is 23.2 Å². The van der Waals surface area contributed by atoms with Crippen LogP contribution in [-0.2, 0) is 16.1 Å². The lowest BCUT2D eigenvalue weighted by atomic mass is 10.2. The lowest BCUT2D eigenvalue weighted by Gasteiger charge is -2.29. The topological polar surface area (TPSA) is 167 Å². The van der Waals surface area contributed by atoms with Crippen LogP contribution >= 0.6 is 23.2 Å². The number of benzene rings is 2. The van der Waals surface area contributed by atoms with Crippen molar-refractivity contribution in [1.29, 1.82) is 0 Å². The van der Waals surface area contributed by atoms with Gasteiger partial charge in [0.1, 0.15) is 17.0 Å². The van der Waals surface area contributed by atoms with E-state index in [1.807, 2.05) is 5.32 Å². The van der Waals surface area contributed by atoms with Gasteiger partial charge in [0.15, 0.2) is 11.4 Å². The number of phenolic OH excluding ortho intramolecular Hbond substituents is 1. The molecule has 1 aliphatic rings. The van der Waals surface area contributed by atoms with Gasteiger partial charge in [0.05, 0.1) is 28.0 Å². The zero-order chi connectivity index (χ0) is 30.2. The fraction of sp³-hybridized carbons (Fsp3) is 0.273. The number of phenols is 1. The third-order valence-corrected chi connectivity index (χ3v) is 7.20. The smallest absolute Gasteiger partial charge is 0.349 e. The molecule has 4 rings (SSSR count). The molecule has 1 unspecified atom stereocenters. The predicted molar refractivity (Wildman–Crippen MR) is 138 cm³/mol. The van der Waals surface area contributed by atoms with Gasteiger partial charge in [-0.05, 0) is 37.1 Å². The summed E-state index contributed by atoms with van der Waals surface area (Å²) in [5, 5.41) is 15.2. The molecule has 0 bridgehead atoms. The standard InChI is InChI=1S/C22H17Cl2F4N5O7S/c23-11-5-9(32-21(37)30-19(35)16(31-32)18(27)28)6-12(24)17(11)40-10-1-2-14(34)13(7-10)33(41(38)39)22(3-4-22)20(36)29-8-15(25)26/h1-2,5-7,15,18,34H,3-4,8H2,(H,29,36)(H,38,39)(H,30,35,37). The van der Waals surface area contributed by atoms with Crippen LogP contribution in [-0.4, -0.2) is 53.0 Å². The van der Waals surface area contributed by atoms with Crippen molar-refractivity contribution in [3.8, 4) is 22.9 Å². The number of ether oxygens (including phenoxy) is 1.